The smallest absolute Gasteiger partial charge is 0.416 e. The summed E-state index contributed by atoms with van der Waals surface area (Å²) in [6.45, 7) is 4.34. The molecule has 1 atom stereocenters. The van der Waals surface area contributed by atoms with Crippen molar-refractivity contribution in [1.82, 2.24) is 5.32 Å². The number of carbonyl (C=O) groups is 3. The fraction of sp³-hybridized carbons (Fsp3) is 0.304. The summed E-state index contributed by atoms with van der Waals surface area (Å²) in [5.74, 6) is -1.58. The van der Waals surface area contributed by atoms with E-state index in [9.17, 15) is 27.6 Å². The molecule has 0 aliphatic rings. The van der Waals surface area contributed by atoms with E-state index in [0.717, 1.165) is 12.1 Å². The second kappa shape index (κ2) is 12.4. The van der Waals surface area contributed by atoms with Crippen molar-refractivity contribution in [1.29, 1.82) is 0 Å². The molecule has 0 saturated heterocycles. The van der Waals surface area contributed by atoms with Crippen LogP contribution in [0, 0.1) is 0 Å². The molecule has 0 aromatic heterocycles. The van der Waals surface area contributed by atoms with E-state index in [1.54, 1.807) is 25.1 Å². The van der Waals surface area contributed by atoms with Gasteiger partial charge >= 0.3 is 12.1 Å². The number of alkyl halides is 3. The summed E-state index contributed by atoms with van der Waals surface area (Å²) in [4.78, 5) is 37.1. The minimum absolute atomic E-state index is 0.0185. The number of nitrogen functional groups attached to an aromatic ring is 2. The van der Waals surface area contributed by atoms with E-state index in [-0.39, 0.29) is 35.8 Å². The summed E-state index contributed by atoms with van der Waals surface area (Å²) < 4.78 is 37.7. The molecule has 2 aromatic rings. The third kappa shape index (κ3) is 9.74. The van der Waals surface area contributed by atoms with Gasteiger partial charge in [-0.1, -0.05) is 6.92 Å². The number of carbonyl (C=O) groups excluding carboxylic acids is 2. The molecule has 0 spiro atoms. The Bertz CT molecular complexity index is 1110. The Hall–Kier alpha value is -4.09. The Morgan fingerprint density at radius 3 is 2.20 bits per heavy atom. The first-order chi connectivity index (χ1) is 16.1. The standard InChI is InChI=1S/C12H17N3O3.C11H11F3N2O/c1-2-11(16)15-10(6-12(17)18)8-5-7(13)3-4-9(8)14;1-6(17)8-3-9(11(12,13)14)5-10(4-8)16-7(2)15/h3-5,10H,2,6,13-14H2,1H3,(H,15,16)(H,17,18);3-5H,1-2H3,(H2,15,16). The van der Waals surface area contributed by atoms with Gasteiger partial charge in [-0.05, 0) is 55.8 Å². The quantitative estimate of drug-likeness (QED) is 0.168. The molecule has 1 unspecified atom stereocenters. The highest BCUT2D eigenvalue weighted by Crippen LogP contribution is 2.33. The van der Waals surface area contributed by atoms with E-state index in [0.29, 0.717) is 16.9 Å². The van der Waals surface area contributed by atoms with Crippen LogP contribution in [0.15, 0.2) is 41.4 Å². The summed E-state index contributed by atoms with van der Waals surface area (Å²) in [6, 6.07) is 7.05. The number of halogens is 3. The van der Waals surface area contributed by atoms with Crippen LogP contribution in [0.25, 0.3) is 0 Å². The normalized spacial score (nSPS) is 12.2. The van der Waals surface area contributed by atoms with E-state index in [4.69, 9.17) is 22.3 Å². The van der Waals surface area contributed by atoms with Crippen molar-refractivity contribution in [2.24, 2.45) is 10.7 Å². The highest BCUT2D eigenvalue weighted by molar-refractivity contribution is 5.95. The largest absolute Gasteiger partial charge is 0.481 e. The Labute approximate surface area is 200 Å². The van der Waals surface area contributed by atoms with Gasteiger partial charge in [-0.3, -0.25) is 14.4 Å². The average Bonchev–Trinajstić information content (AvgIpc) is 2.73. The molecule has 1 amide bonds. The first kappa shape index (κ1) is 28.9. The highest BCUT2D eigenvalue weighted by atomic mass is 19.4. The zero-order valence-corrected chi connectivity index (χ0v) is 19.4. The van der Waals surface area contributed by atoms with Gasteiger partial charge in [0.05, 0.1) is 29.5 Å². The molecule has 9 nitrogen and oxygen atoms in total. The minimum atomic E-state index is -4.52. The molecule has 190 valence electrons. The topological polar surface area (TPSA) is 174 Å². The molecule has 0 radical (unpaired) electrons. The third-order valence-corrected chi connectivity index (χ3v) is 4.48. The molecule has 2 aromatic carbocycles. The first-order valence-corrected chi connectivity index (χ1v) is 10.3. The lowest BCUT2D eigenvalue weighted by atomic mass is 10.0. The lowest BCUT2D eigenvalue weighted by Gasteiger charge is -2.19. The maximum atomic E-state index is 12.6. The Morgan fingerprint density at radius 2 is 1.71 bits per heavy atom. The highest BCUT2D eigenvalue weighted by Gasteiger charge is 2.31. The van der Waals surface area contributed by atoms with Gasteiger partial charge in [0.15, 0.2) is 5.78 Å². The summed E-state index contributed by atoms with van der Waals surface area (Å²) in [6.07, 6.45) is -4.48. The molecule has 0 bridgehead atoms. The fourth-order valence-corrected chi connectivity index (χ4v) is 2.85. The zero-order chi connectivity index (χ0) is 26.9. The van der Waals surface area contributed by atoms with Gasteiger partial charge in [-0.2, -0.15) is 13.2 Å². The Balaban J connectivity index is 0.000000351. The van der Waals surface area contributed by atoms with Gasteiger partial charge in [0, 0.05) is 23.4 Å². The van der Waals surface area contributed by atoms with E-state index in [2.05, 4.69) is 10.3 Å². The molecule has 12 heteroatoms. The lowest BCUT2D eigenvalue weighted by Crippen LogP contribution is -2.30. The van der Waals surface area contributed by atoms with E-state index in [1.807, 2.05) is 0 Å². The Kier molecular flexibility index (Phi) is 10.2. The van der Waals surface area contributed by atoms with E-state index in [1.165, 1.54) is 19.9 Å². The van der Waals surface area contributed by atoms with Crippen molar-refractivity contribution in [2.45, 2.75) is 45.8 Å². The van der Waals surface area contributed by atoms with Crippen LogP contribution in [-0.2, 0) is 15.8 Å². The number of hydrogen-bond acceptors (Lipinski definition) is 6. The van der Waals surface area contributed by atoms with Crippen molar-refractivity contribution >= 4 is 40.6 Å². The monoisotopic (exact) mass is 495 g/mol. The van der Waals surface area contributed by atoms with Crippen molar-refractivity contribution in [3.05, 3.63) is 53.1 Å². The molecule has 8 N–H and O–H groups in total. The van der Waals surface area contributed by atoms with Gasteiger partial charge in [0.1, 0.15) is 0 Å². The van der Waals surface area contributed by atoms with Crippen molar-refractivity contribution in [3.8, 4) is 0 Å². The van der Waals surface area contributed by atoms with Crippen LogP contribution in [0.5, 0.6) is 0 Å². The second-order valence-corrected chi connectivity index (χ2v) is 7.54. The van der Waals surface area contributed by atoms with Gasteiger partial charge in [0.25, 0.3) is 0 Å². The van der Waals surface area contributed by atoms with Crippen LogP contribution >= 0.6 is 0 Å². The van der Waals surface area contributed by atoms with Crippen LogP contribution in [0.3, 0.4) is 0 Å². The van der Waals surface area contributed by atoms with Crippen molar-refractivity contribution in [3.63, 3.8) is 0 Å². The average molecular weight is 496 g/mol. The lowest BCUT2D eigenvalue weighted by molar-refractivity contribution is -0.138. The number of carboxylic acids is 1. The predicted molar refractivity (Wildman–Crippen MR) is 127 cm³/mol. The van der Waals surface area contributed by atoms with Crippen molar-refractivity contribution in [2.75, 3.05) is 11.5 Å². The number of benzene rings is 2. The Morgan fingerprint density at radius 1 is 1.09 bits per heavy atom. The first-order valence-electron chi connectivity index (χ1n) is 10.3. The fourth-order valence-electron chi connectivity index (χ4n) is 2.85. The van der Waals surface area contributed by atoms with Crippen LogP contribution in [0.2, 0.25) is 0 Å². The number of rotatable bonds is 7. The number of Topliss-reactive ketones (excluding diaryl/α,β-unsaturated/α-hetero) is 1. The maximum Gasteiger partial charge on any atom is 0.416 e. The molecule has 35 heavy (non-hydrogen) atoms. The minimum Gasteiger partial charge on any atom is -0.481 e. The number of nitrogens with two attached hydrogens (primary N) is 3. The number of amides is 1. The van der Waals surface area contributed by atoms with E-state index < -0.39 is 29.5 Å². The summed E-state index contributed by atoms with van der Waals surface area (Å²) in [5.41, 5.74) is 17.2. The summed E-state index contributed by atoms with van der Waals surface area (Å²) in [7, 11) is 0. The van der Waals surface area contributed by atoms with Crippen molar-refractivity contribution < 1.29 is 32.7 Å². The van der Waals surface area contributed by atoms with Crippen LogP contribution in [0.4, 0.5) is 30.2 Å². The van der Waals surface area contributed by atoms with E-state index >= 15 is 0 Å². The SMILES string of the molecule is CC(=O)c1cc(N=C(C)N)cc(C(F)(F)F)c1.CCC(=O)NC(CC(=O)O)c1cc(N)ccc1N. The summed E-state index contributed by atoms with van der Waals surface area (Å²) in [5, 5.41) is 11.5. The molecule has 0 heterocycles. The number of aliphatic imine (C=N–C) groups is 1. The number of anilines is 2. The molecular weight excluding hydrogens is 467 g/mol. The number of amidine groups is 1. The van der Waals surface area contributed by atoms with Gasteiger partial charge in [0.2, 0.25) is 5.91 Å². The van der Waals surface area contributed by atoms with Crippen LogP contribution in [0.1, 0.15) is 61.1 Å². The number of hydrogen-bond donors (Lipinski definition) is 5. The second-order valence-electron chi connectivity index (χ2n) is 7.54. The number of nitrogens with one attached hydrogen (secondary N) is 1. The molecule has 0 saturated carbocycles. The number of aliphatic carboxylic acids is 1. The number of nitrogens with zero attached hydrogens (tertiary/aromatic N) is 1. The molecule has 0 fully saturated rings. The number of ketones is 1. The molecule has 0 aliphatic heterocycles. The number of carboxylic acid groups (broad SMARTS) is 1. The molecule has 2 rings (SSSR count). The zero-order valence-electron chi connectivity index (χ0n) is 19.4. The third-order valence-electron chi connectivity index (χ3n) is 4.48. The van der Waals surface area contributed by atoms with Gasteiger partial charge in [-0.25, -0.2) is 4.99 Å². The predicted octanol–water partition coefficient (Wildman–Crippen LogP) is 3.81. The van der Waals surface area contributed by atoms with Gasteiger partial charge < -0.3 is 27.6 Å². The summed E-state index contributed by atoms with van der Waals surface area (Å²) >= 11 is 0. The molecular formula is C23H28F3N5O4. The maximum absolute atomic E-state index is 12.6. The van der Waals surface area contributed by atoms with Crippen LogP contribution < -0.4 is 22.5 Å². The molecule has 0 aliphatic carbocycles. The van der Waals surface area contributed by atoms with Gasteiger partial charge in [-0.15, -0.1) is 0 Å². The van der Waals surface area contributed by atoms with Crippen LogP contribution in [-0.4, -0.2) is 28.6 Å².